The molecule has 26 nitrogen and oxygen atoms in total. The Morgan fingerprint density at radius 3 is 1.97 bits per heavy atom. The van der Waals surface area contributed by atoms with Gasteiger partial charge in [0.1, 0.15) is 42.0 Å². The van der Waals surface area contributed by atoms with Gasteiger partial charge in [0, 0.05) is 25.9 Å². The number of phenolic OH excluding ortho intramolecular Hbond substituents is 1. The van der Waals surface area contributed by atoms with Crippen LogP contribution in [0.2, 0.25) is 0 Å². The molecule has 372 valence electrons. The Morgan fingerprint density at radius 2 is 1.40 bits per heavy atom. The first-order chi connectivity index (χ1) is 31.4. The van der Waals surface area contributed by atoms with Crippen molar-refractivity contribution in [1.29, 1.82) is 0 Å². The third-order valence-corrected chi connectivity index (χ3v) is 10.3. The number of hydrogen-bond acceptors (Lipinski definition) is 14. The highest BCUT2D eigenvalue weighted by Gasteiger charge is 2.41. The number of guanidine groups is 1. The molecule has 26 heteroatoms. The topological polar surface area (TPSA) is 449 Å². The third kappa shape index (κ3) is 19.9. The van der Waals surface area contributed by atoms with Crippen LogP contribution in [0.3, 0.4) is 0 Å². The Labute approximate surface area is 386 Å². The monoisotopic (exact) mass is 947 g/mol. The first kappa shape index (κ1) is 56.0. The van der Waals surface area contributed by atoms with Crippen molar-refractivity contribution in [2.45, 2.75) is 127 Å². The number of amides is 9. The van der Waals surface area contributed by atoms with Crippen molar-refractivity contribution in [3.05, 3.63) is 29.8 Å². The quantitative estimate of drug-likeness (QED) is 0.0212. The van der Waals surface area contributed by atoms with Gasteiger partial charge in [-0.15, -0.1) is 0 Å². The number of carbonyl (C=O) groups is 10. The molecule has 0 aliphatic carbocycles. The Bertz CT molecular complexity index is 1960. The first-order valence-electron chi connectivity index (χ1n) is 21.5. The number of aromatic hydroxyl groups is 1. The Hall–Kier alpha value is -7.09. The highest BCUT2D eigenvalue weighted by atomic mass is 16.4. The molecule has 1 aromatic carbocycles. The Morgan fingerprint density at radius 1 is 0.776 bits per heavy atom. The second-order valence-corrected chi connectivity index (χ2v) is 16.5. The van der Waals surface area contributed by atoms with Gasteiger partial charge in [-0.3, -0.25) is 48.1 Å². The van der Waals surface area contributed by atoms with Crippen LogP contribution in [-0.2, 0) is 54.4 Å². The Kier molecular flexibility index (Phi) is 22.9. The number of nitrogens with one attached hydrogen (secondary N) is 6. The number of primary amides is 2. The number of aliphatic imine (C=N–C) groups is 1. The number of aliphatic carboxylic acids is 1. The third-order valence-electron chi connectivity index (χ3n) is 10.3. The predicted octanol–water partition coefficient (Wildman–Crippen LogP) is -5.50. The van der Waals surface area contributed by atoms with Crippen LogP contribution < -0.4 is 60.6 Å². The summed E-state index contributed by atoms with van der Waals surface area (Å²) in [5.41, 5.74) is 27.2. The van der Waals surface area contributed by atoms with E-state index in [1.807, 2.05) is 0 Å². The van der Waals surface area contributed by atoms with Gasteiger partial charge >= 0.3 is 5.97 Å². The minimum absolute atomic E-state index is 0.0137. The van der Waals surface area contributed by atoms with E-state index in [4.69, 9.17) is 28.7 Å². The summed E-state index contributed by atoms with van der Waals surface area (Å²) >= 11 is 0. The van der Waals surface area contributed by atoms with E-state index in [0.29, 0.717) is 12.0 Å². The second-order valence-electron chi connectivity index (χ2n) is 16.5. The summed E-state index contributed by atoms with van der Waals surface area (Å²) in [7, 11) is 0. The normalized spacial score (nSPS) is 16.4. The molecule has 1 aliphatic rings. The van der Waals surface area contributed by atoms with Crippen LogP contribution in [-0.4, -0.2) is 153 Å². The van der Waals surface area contributed by atoms with Crippen molar-refractivity contribution in [2.75, 3.05) is 19.6 Å². The number of aliphatic hydroxyl groups excluding tert-OH is 1. The molecular weight excluding hydrogens is 883 g/mol. The van der Waals surface area contributed by atoms with Gasteiger partial charge in [0.05, 0.1) is 25.1 Å². The number of phenols is 1. The number of carboxylic acid groups (broad SMARTS) is 1. The van der Waals surface area contributed by atoms with Gasteiger partial charge in [-0.1, -0.05) is 26.0 Å². The lowest BCUT2D eigenvalue weighted by Gasteiger charge is -2.32. The first-order valence-corrected chi connectivity index (χ1v) is 21.5. The predicted molar refractivity (Wildman–Crippen MR) is 238 cm³/mol. The molecule has 19 N–H and O–H groups in total. The van der Waals surface area contributed by atoms with Crippen LogP contribution in [0.25, 0.3) is 0 Å². The van der Waals surface area contributed by atoms with Crippen molar-refractivity contribution in [3.63, 3.8) is 0 Å². The molecule has 1 aromatic rings. The molecule has 0 radical (unpaired) electrons. The second kappa shape index (κ2) is 27.4. The zero-order chi connectivity index (χ0) is 50.5. The van der Waals surface area contributed by atoms with Crippen LogP contribution in [0, 0.1) is 5.92 Å². The van der Waals surface area contributed by atoms with Crippen LogP contribution >= 0.6 is 0 Å². The van der Waals surface area contributed by atoms with Crippen LogP contribution in [0.4, 0.5) is 0 Å². The van der Waals surface area contributed by atoms with Crippen molar-refractivity contribution >= 4 is 65.1 Å². The van der Waals surface area contributed by atoms with Gasteiger partial charge in [0.25, 0.3) is 0 Å². The summed E-state index contributed by atoms with van der Waals surface area (Å²) in [5.74, 6) is -9.92. The molecule has 1 saturated heterocycles. The van der Waals surface area contributed by atoms with Crippen LogP contribution in [0.5, 0.6) is 5.75 Å². The summed E-state index contributed by atoms with van der Waals surface area (Å²) in [6.45, 7) is 4.08. The molecule has 0 spiro atoms. The van der Waals surface area contributed by atoms with Gasteiger partial charge in [-0.25, -0.2) is 4.79 Å². The molecule has 1 heterocycles. The maximum absolute atomic E-state index is 14.3. The fourth-order valence-electron chi connectivity index (χ4n) is 6.88. The number of carbonyl (C=O) groups excluding carboxylic acids is 9. The number of nitrogens with two attached hydrogens (primary N) is 5. The summed E-state index contributed by atoms with van der Waals surface area (Å²) in [5, 5.41) is 44.6. The molecule has 0 bridgehead atoms. The minimum Gasteiger partial charge on any atom is -0.508 e. The fraction of sp³-hybridized carbons (Fsp3) is 0.585. The van der Waals surface area contributed by atoms with Crippen molar-refractivity contribution < 1.29 is 63.3 Å². The molecule has 1 fully saturated rings. The van der Waals surface area contributed by atoms with E-state index in [9.17, 15) is 63.3 Å². The van der Waals surface area contributed by atoms with Crippen molar-refractivity contribution in [3.8, 4) is 5.75 Å². The van der Waals surface area contributed by atoms with Gasteiger partial charge < -0.3 is 80.8 Å². The summed E-state index contributed by atoms with van der Waals surface area (Å²) < 4.78 is 0. The number of likely N-dealkylation sites (tertiary alicyclic amines) is 1. The minimum atomic E-state index is -1.77. The molecule has 0 unspecified atom stereocenters. The number of carboxylic acids is 1. The standard InChI is InChI=1S/C41H65N13O13/c1-20(2)16-28(52-38(64)33(21(3)55)53-36(62)27(18-31(44)58)49-32(59)19-48-34(60)24(42)12-13-30(43)57)39(65)54-15-5-7-29(54)37(63)51-26(17-22-8-10-23(56)11-9-22)35(61)50-25(40(66)67)6-4-14-47-41(45)46/h8-11,20-21,24-29,33,55-56H,4-7,12-19,42H2,1-3H3,(H2,43,57)(H2,44,58)(H,48,60)(H,49,59)(H,50,61)(H,51,63)(H,52,64)(H,53,62)(H,66,67)(H4,45,46,47)/t21-,24+,25+,26+,27+,28+,29+,33+/m1/s1. The molecule has 0 saturated carbocycles. The number of hydrogen-bond donors (Lipinski definition) is 14. The summed E-state index contributed by atoms with van der Waals surface area (Å²) in [6, 6.07) is -4.18. The van der Waals surface area contributed by atoms with E-state index in [2.05, 4.69) is 36.9 Å². The molecule has 9 amide bonds. The van der Waals surface area contributed by atoms with Crippen molar-refractivity contribution in [2.24, 2.45) is 39.6 Å². The Balaban J connectivity index is 2.28. The van der Waals surface area contributed by atoms with Crippen LogP contribution in [0.1, 0.15) is 77.7 Å². The number of nitrogens with zero attached hydrogens (tertiary/aromatic N) is 2. The number of benzene rings is 1. The molecule has 2 rings (SSSR count). The lowest BCUT2D eigenvalue weighted by Crippen LogP contribution is -2.61. The largest absolute Gasteiger partial charge is 0.508 e. The van der Waals surface area contributed by atoms with Gasteiger partial charge in [-0.05, 0) is 69.1 Å². The molecular formula is C41H65N13O13. The molecule has 0 aromatic heterocycles. The van der Waals surface area contributed by atoms with Gasteiger partial charge in [-0.2, -0.15) is 0 Å². The smallest absolute Gasteiger partial charge is 0.326 e. The van der Waals surface area contributed by atoms with E-state index in [1.165, 1.54) is 29.2 Å². The average molecular weight is 948 g/mol. The zero-order valence-electron chi connectivity index (χ0n) is 37.7. The lowest BCUT2D eigenvalue weighted by molar-refractivity contribution is -0.144. The van der Waals surface area contributed by atoms with E-state index in [1.54, 1.807) is 13.8 Å². The average Bonchev–Trinajstić information content (AvgIpc) is 3.74. The fourth-order valence-corrected chi connectivity index (χ4v) is 6.88. The molecule has 67 heavy (non-hydrogen) atoms. The van der Waals surface area contributed by atoms with E-state index < -0.39 is 120 Å². The zero-order valence-corrected chi connectivity index (χ0v) is 37.7. The van der Waals surface area contributed by atoms with E-state index >= 15 is 0 Å². The lowest BCUT2D eigenvalue weighted by atomic mass is 10.0. The maximum atomic E-state index is 14.3. The van der Waals surface area contributed by atoms with E-state index in [-0.39, 0.29) is 75.7 Å². The van der Waals surface area contributed by atoms with E-state index in [0.717, 1.165) is 6.92 Å². The summed E-state index contributed by atoms with van der Waals surface area (Å²) in [4.78, 5) is 134. The van der Waals surface area contributed by atoms with Crippen LogP contribution in [0.15, 0.2) is 29.3 Å². The van der Waals surface area contributed by atoms with Gasteiger partial charge in [0.2, 0.25) is 53.2 Å². The maximum Gasteiger partial charge on any atom is 0.326 e. The van der Waals surface area contributed by atoms with Gasteiger partial charge in [0.15, 0.2) is 5.96 Å². The highest BCUT2D eigenvalue weighted by Crippen LogP contribution is 2.22. The molecule has 8 atom stereocenters. The van der Waals surface area contributed by atoms with Crippen molar-refractivity contribution in [1.82, 2.24) is 36.8 Å². The number of rotatable bonds is 28. The highest BCUT2D eigenvalue weighted by molar-refractivity contribution is 5.98. The molecule has 1 aliphatic heterocycles. The number of aliphatic hydroxyl groups is 1. The summed E-state index contributed by atoms with van der Waals surface area (Å²) in [6.07, 6.45) is -2.22. The SMILES string of the molecule is CC(C)C[C@H](NC(=O)[C@@H](NC(=O)[C@H](CC(N)=O)NC(=O)CNC(=O)[C@@H](N)CCC(N)=O)[C@@H](C)O)C(=O)N1CCC[C@H]1C(=O)N[C@@H](Cc1ccc(O)cc1)C(=O)N[C@@H](CCCN=C(N)N)C(=O)O.